The molecule has 0 saturated carbocycles. The summed E-state index contributed by atoms with van der Waals surface area (Å²) in [4.78, 5) is 36.2. The number of halogens is 4. The van der Waals surface area contributed by atoms with E-state index >= 15 is 0 Å². The number of nitrogens with one attached hydrogen (secondary N) is 3. The average molecular weight is 562 g/mol. The number of alkyl halides is 3. The molecule has 0 bridgehead atoms. The summed E-state index contributed by atoms with van der Waals surface area (Å²) in [6.45, 7) is 3.86. The SMILES string of the molecule is CC1CCCN(c2nc(C(F)(F)F)c(C(=O)Nc3ccc(N4CC(NC(=O)Nc5ccccc5F)C4)nc3)o2)C1. The summed E-state index contributed by atoms with van der Waals surface area (Å²) >= 11 is 0. The van der Waals surface area contributed by atoms with Crippen LogP contribution in [0.5, 0.6) is 0 Å². The van der Waals surface area contributed by atoms with E-state index in [2.05, 4.69) is 25.9 Å². The molecule has 3 aromatic rings. The summed E-state index contributed by atoms with van der Waals surface area (Å²) in [6, 6.07) is 7.96. The highest BCUT2D eigenvalue weighted by Gasteiger charge is 2.42. The molecule has 3 amide bonds. The number of amides is 3. The number of oxazole rings is 1. The molecule has 2 fully saturated rings. The molecule has 2 aliphatic heterocycles. The number of benzene rings is 1. The first kappa shape index (κ1) is 27.2. The molecule has 10 nitrogen and oxygen atoms in total. The molecule has 5 rings (SSSR count). The smallest absolute Gasteiger partial charge is 0.417 e. The molecule has 1 atom stereocenters. The second-order valence-electron chi connectivity index (χ2n) is 9.90. The second kappa shape index (κ2) is 11.0. The maximum atomic E-state index is 13.7. The van der Waals surface area contributed by atoms with Crippen molar-refractivity contribution in [2.45, 2.75) is 32.0 Å². The molecule has 2 aliphatic rings. The molecule has 3 N–H and O–H groups in total. The Bertz CT molecular complexity index is 1370. The van der Waals surface area contributed by atoms with Crippen LogP contribution in [0.4, 0.5) is 45.6 Å². The van der Waals surface area contributed by atoms with Gasteiger partial charge in [0.15, 0.2) is 5.69 Å². The van der Waals surface area contributed by atoms with Crippen LogP contribution in [0.25, 0.3) is 0 Å². The number of urea groups is 1. The number of para-hydroxylation sites is 1. The molecule has 2 saturated heterocycles. The lowest BCUT2D eigenvalue weighted by Gasteiger charge is -2.40. The molecule has 14 heteroatoms. The standard InChI is InChI=1S/C26H27F4N7O3/c1-15-5-4-10-36(12-15)25-35-22(26(28,29)30)21(40-25)23(38)32-16-8-9-20(31-11-16)37-13-17(14-37)33-24(39)34-19-7-3-2-6-18(19)27/h2-3,6-9,11,15,17H,4-5,10,12-14H2,1H3,(H,32,38)(H2,33,34,39). The highest BCUT2D eigenvalue weighted by Crippen LogP contribution is 2.35. The minimum absolute atomic E-state index is 0.0699. The maximum absolute atomic E-state index is 13.7. The number of piperidine rings is 1. The van der Waals surface area contributed by atoms with Crippen molar-refractivity contribution in [1.29, 1.82) is 0 Å². The molecule has 40 heavy (non-hydrogen) atoms. The minimum Gasteiger partial charge on any atom is -0.417 e. The molecule has 1 aromatic carbocycles. The van der Waals surface area contributed by atoms with E-state index in [1.54, 1.807) is 17.0 Å². The van der Waals surface area contributed by atoms with Gasteiger partial charge in [-0.1, -0.05) is 19.1 Å². The summed E-state index contributed by atoms with van der Waals surface area (Å²) in [5.41, 5.74) is -1.13. The Hall–Kier alpha value is -4.36. The van der Waals surface area contributed by atoms with Crippen LogP contribution in [0, 0.1) is 11.7 Å². The number of anilines is 4. The fourth-order valence-corrected chi connectivity index (χ4v) is 4.65. The van der Waals surface area contributed by atoms with Crippen LogP contribution in [-0.4, -0.2) is 54.1 Å². The molecule has 1 unspecified atom stereocenters. The number of aromatic nitrogens is 2. The molecule has 0 radical (unpaired) electrons. The van der Waals surface area contributed by atoms with Crippen molar-refractivity contribution < 1.29 is 31.6 Å². The zero-order chi connectivity index (χ0) is 28.4. The van der Waals surface area contributed by atoms with Crippen molar-refractivity contribution in [2.75, 3.05) is 46.6 Å². The summed E-state index contributed by atoms with van der Waals surface area (Å²) < 4.78 is 60.0. The third-order valence-corrected chi connectivity index (χ3v) is 6.69. The molecule has 0 aliphatic carbocycles. The predicted octanol–water partition coefficient (Wildman–Crippen LogP) is 4.73. The van der Waals surface area contributed by atoms with Gasteiger partial charge in [-0.2, -0.15) is 18.2 Å². The lowest BCUT2D eigenvalue weighted by Crippen LogP contribution is -2.60. The Labute approximate surface area is 226 Å². The summed E-state index contributed by atoms with van der Waals surface area (Å²) in [7, 11) is 0. The van der Waals surface area contributed by atoms with E-state index in [-0.39, 0.29) is 29.3 Å². The molecule has 4 heterocycles. The first-order valence-corrected chi connectivity index (χ1v) is 12.7. The van der Waals surface area contributed by atoms with E-state index < -0.39 is 35.4 Å². The second-order valence-corrected chi connectivity index (χ2v) is 9.90. The minimum atomic E-state index is -4.87. The van der Waals surface area contributed by atoms with Crippen LogP contribution in [0.1, 0.15) is 36.0 Å². The molecular weight excluding hydrogens is 534 g/mol. The molecular formula is C26H27F4N7O3. The van der Waals surface area contributed by atoms with Crippen molar-refractivity contribution in [3.63, 3.8) is 0 Å². The van der Waals surface area contributed by atoms with E-state index in [4.69, 9.17) is 4.42 Å². The topological polar surface area (TPSA) is 116 Å². The van der Waals surface area contributed by atoms with Gasteiger partial charge in [0, 0.05) is 26.2 Å². The number of hydrogen-bond donors (Lipinski definition) is 3. The first-order valence-electron chi connectivity index (χ1n) is 12.7. The summed E-state index contributed by atoms with van der Waals surface area (Å²) in [6.07, 6.45) is -1.81. The molecule has 212 valence electrons. The lowest BCUT2D eigenvalue weighted by molar-refractivity contribution is -0.141. The number of carbonyl (C=O) groups is 2. The summed E-state index contributed by atoms with van der Waals surface area (Å²) in [5, 5.41) is 7.58. The largest absolute Gasteiger partial charge is 0.437 e. The van der Waals surface area contributed by atoms with Crippen molar-refractivity contribution in [3.05, 3.63) is 59.9 Å². The van der Waals surface area contributed by atoms with Crippen LogP contribution in [0.3, 0.4) is 0 Å². The maximum Gasteiger partial charge on any atom is 0.437 e. The zero-order valence-corrected chi connectivity index (χ0v) is 21.5. The van der Waals surface area contributed by atoms with E-state index in [9.17, 15) is 27.2 Å². The van der Waals surface area contributed by atoms with Gasteiger partial charge in [0.1, 0.15) is 11.6 Å². The van der Waals surface area contributed by atoms with Crippen LogP contribution < -0.4 is 25.8 Å². The first-order chi connectivity index (χ1) is 19.1. The monoisotopic (exact) mass is 561 g/mol. The van der Waals surface area contributed by atoms with Gasteiger partial charge in [0.05, 0.1) is 23.6 Å². The van der Waals surface area contributed by atoms with Gasteiger partial charge in [-0.3, -0.25) is 4.79 Å². The van der Waals surface area contributed by atoms with E-state index in [0.717, 1.165) is 12.8 Å². The lowest BCUT2D eigenvalue weighted by atomic mass is 10.0. The Morgan fingerprint density at radius 2 is 1.82 bits per heavy atom. The van der Waals surface area contributed by atoms with Gasteiger partial charge in [-0.15, -0.1) is 0 Å². The van der Waals surface area contributed by atoms with Crippen molar-refractivity contribution in [2.24, 2.45) is 5.92 Å². The Kier molecular flexibility index (Phi) is 7.50. The third kappa shape index (κ3) is 6.10. The van der Waals surface area contributed by atoms with Gasteiger partial charge in [0.2, 0.25) is 5.76 Å². The highest BCUT2D eigenvalue weighted by molar-refractivity contribution is 6.03. The van der Waals surface area contributed by atoms with Gasteiger partial charge in [0.25, 0.3) is 11.9 Å². The van der Waals surface area contributed by atoms with Gasteiger partial charge >= 0.3 is 12.2 Å². The zero-order valence-electron chi connectivity index (χ0n) is 21.5. The predicted molar refractivity (Wildman–Crippen MR) is 139 cm³/mol. The van der Waals surface area contributed by atoms with Crippen LogP contribution in [0.2, 0.25) is 0 Å². The van der Waals surface area contributed by atoms with Crippen LogP contribution in [-0.2, 0) is 6.18 Å². The number of hydrogen-bond acceptors (Lipinski definition) is 7. The third-order valence-electron chi connectivity index (χ3n) is 6.69. The number of carbonyl (C=O) groups excluding carboxylic acids is 2. The van der Waals surface area contributed by atoms with Gasteiger partial charge < -0.3 is 30.2 Å². The average Bonchev–Trinajstić information content (AvgIpc) is 3.35. The van der Waals surface area contributed by atoms with Crippen LogP contribution >= 0.6 is 0 Å². The number of pyridine rings is 1. The van der Waals surface area contributed by atoms with E-state index in [1.165, 1.54) is 30.5 Å². The Balaban J connectivity index is 1.17. The Morgan fingerprint density at radius 1 is 1.05 bits per heavy atom. The van der Waals surface area contributed by atoms with E-state index in [1.807, 2.05) is 11.8 Å². The van der Waals surface area contributed by atoms with E-state index in [0.29, 0.717) is 32.0 Å². The fourth-order valence-electron chi connectivity index (χ4n) is 4.65. The van der Waals surface area contributed by atoms with Gasteiger partial charge in [-0.05, 0) is 43.0 Å². The van der Waals surface area contributed by atoms with Crippen molar-refractivity contribution in [1.82, 2.24) is 15.3 Å². The highest BCUT2D eigenvalue weighted by atomic mass is 19.4. The van der Waals surface area contributed by atoms with Crippen LogP contribution in [0.15, 0.2) is 47.0 Å². The number of rotatable bonds is 6. The molecule has 0 spiro atoms. The Morgan fingerprint density at radius 3 is 2.50 bits per heavy atom. The fraction of sp³-hybridized carbons (Fsp3) is 0.385. The van der Waals surface area contributed by atoms with Gasteiger partial charge in [-0.25, -0.2) is 14.2 Å². The molecule has 2 aromatic heterocycles. The quantitative estimate of drug-likeness (QED) is 0.373. The summed E-state index contributed by atoms with van der Waals surface area (Å²) in [5.74, 6) is -1.72. The van der Waals surface area contributed by atoms with Crippen molar-refractivity contribution >= 4 is 35.1 Å². The normalized spacial score (nSPS) is 17.8. The number of nitrogens with zero attached hydrogens (tertiary/aromatic N) is 4. The van der Waals surface area contributed by atoms with Crippen molar-refractivity contribution in [3.8, 4) is 0 Å².